The van der Waals surface area contributed by atoms with Gasteiger partial charge in [-0.15, -0.1) is 0 Å². The molecule has 3 N–H and O–H groups in total. The molecule has 4 nitrogen and oxygen atoms in total. The molecule has 1 fully saturated rings. The lowest BCUT2D eigenvalue weighted by atomic mass is 10.1. The highest BCUT2D eigenvalue weighted by atomic mass is 16.5. The first-order chi connectivity index (χ1) is 8.83. The Kier molecular flexibility index (Phi) is 8.65. The summed E-state index contributed by atoms with van der Waals surface area (Å²) in [4.78, 5) is 4.24. The summed E-state index contributed by atoms with van der Waals surface area (Å²) < 4.78 is 5.87. The van der Waals surface area contributed by atoms with Crippen LogP contribution in [-0.2, 0) is 4.74 Å². The molecule has 106 valence electrons. The Hall–Kier alpha value is -0.770. The fourth-order valence-electron chi connectivity index (χ4n) is 2.23. The largest absolute Gasteiger partial charge is 0.376 e. The minimum absolute atomic E-state index is 0.465. The molecule has 4 heteroatoms. The number of nitrogens with zero attached hydrogens (tertiary/aromatic N) is 1. The Morgan fingerprint density at radius 2 is 2.00 bits per heavy atom. The van der Waals surface area contributed by atoms with Gasteiger partial charge in [-0.3, -0.25) is 4.99 Å². The standard InChI is InChI=1S/C14H29N3O/c1-2-3-10-16-14(15)17-11-12-18-13-8-6-4-5-7-9-13/h13H,2-12H2,1H3,(H3,15,16,17). The molecule has 1 aliphatic carbocycles. The van der Waals surface area contributed by atoms with Gasteiger partial charge in [0.1, 0.15) is 0 Å². The second-order valence-electron chi connectivity index (χ2n) is 5.03. The highest BCUT2D eigenvalue weighted by molar-refractivity contribution is 5.77. The summed E-state index contributed by atoms with van der Waals surface area (Å²) >= 11 is 0. The van der Waals surface area contributed by atoms with Gasteiger partial charge in [0.05, 0.1) is 12.7 Å². The number of nitrogens with one attached hydrogen (secondary N) is 1. The SMILES string of the molecule is CCCCN=C(N)NCCOC1CCCCCC1. The molecule has 0 aromatic heterocycles. The molecule has 0 spiro atoms. The summed E-state index contributed by atoms with van der Waals surface area (Å²) in [5, 5.41) is 3.10. The fourth-order valence-corrected chi connectivity index (χ4v) is 2.23. The maximum atomic E-state index is 5.87. The Bertz CT molecular complexity index is 223. The second-order valence-corrected chi connectivity index (χ2v) is 5.03. The maximum Gasteiger partial charge on any atom is 0.188 e. The van der Waals surface area contributed by atoms with Crippen LogP contribution in [0.3, 0.4) is 0 Å². The van der Waals surface area contributed by atoms with E-state index < -0.39 is 0 Å². The zero-order valence-electron chi connectivity index (χ0n) is 11.8. The van der Waals surface area contributed by atoms with Crippen LogP contribution in [0.25, 0.3) is 0 Å². The molecule has 0 unspecified atom stereocenters. The summed E-state index contributed by atoms with van der Waals surface area (Å²) in [6.07, 6.45) is 10.5. The number of guanidine groups is 1. The van der Waals surface area contributed by atoms with Gasteiger partial charge >= 0.3 is 0 Å². The fraction of sp³-hybridized carbons (Fsp3) is 0.929. The van der Waals surface area contributed by atoms with E-state index in [4.69, 9.17) is 10.5 Å². The lowest BCUT2D eigenvalue weighted by molar-refractivity contribution is 0.0468. The maximum absolute atomic E-state index is 5.87. The van der Waals surface area contributed by atoms with Crippen LogP contribution in [0.2, 0.25) is 0 Å². The van der Waals surface area contributed by atoms with Gasteiger partial charge in [-0.25, -0.2) is 0 Å². The molecule has 0 atom stereocenters. The highest BCUT2D eigenvalue weighted by Gasteiger charge is 2.11. The van der Waals surface area contributed by atoms with E-state index in [-0.39, 0.29) is 0 Å². The molecule has 1 rings (SSSR count). The van der Waals surface area contributed by atoms with Crippen LogP contribution in [0.1, 0.15) is 58.3 Å². The van der Waals surface area contributed by atoms with Gasteiger partial charge in [0.15, 0.2) is 5.96 Å². The number of unbranched alkanes of at least 4 members (excludes halogenated alkanes) is 1. The van der Waals surface area contributed by atoms with Crippen molar-refractivity contribution >= 4 is 5.96 Å². The topological polar surface area (TPSA) is 59.6 Å². The summed E-state index contributed by atoms with van der Waals surface area (Å²) in [6.45, 7) is 4.46. The summed E-state index contributed by atoms with van der Waals surface area (Å²) in [5.74, 6) is 0.549. The van der Waals surface area contributed by atoms with Crippen LogP contribution < -0.4 is 11.1 Å². The molecule has 0 aromatic rings. The highest BCUT2D eigenvalue weighted by Crippen LogP contribution is 2.19. The first-order valence-corrected chi connectivity index (χ1v) is 7.48. The van der Waals surface area contributed by atoms with Gasteiger partial charge in [0, 0.05) is 13.1 Å². The monoisotopic (exact) mass is 255 g/mol. The van der Waals surface area contributed by atoms with Crippen molar-refractivity contribution in [2.45, 2.75) is 64.4 Å². The second kappa shape index (κ2) is 10.2. The number of hydrogen-bond acceptors (Lipinski definition) is 2. The average molecular weight is 255 g/mol. The van der Waals surface area contributed by atoms with Gasteiger partial charge in [-0.2, -0.15) is 0 Å². The third kappa shape index (κ3) is 7.54. The number of rotatable bonds is 7. The molecule has 0 bridgehead atoms. The third-order valence-electron chi connectivity index (χ3n) is 3.36. The molecule has 0 aliphatic heterocycles. The molecule has 0 saturated heterocycles. The van der Waals surface area contributed by atoms with Crippen LogP contribution >= 0.6 is 0 Å². The van der Waals surface area contributed by atoms with Crippen molar-refractivity contribution < 1.29 is 4.74 Å². The summed E-state index contributed by atoms with van der Waals surface area (Å²) in [5.41, 5.74) is 5.74. The molecule has 18 heavy (non-hydrogen) atoms. The number of ether oxygens (including phenoxy) is 1. The van der Waals surface area contributed by atoms with E-state index in [1.54, 1.807) is 0 Å². The van der Waals surface area contributed by atoms with Crippen molar-refractivity contribution in [2.75, 3.05) is 19.7 Å². The smallest absolute Gasteiger partial charge is 0.188 e. The van der Waals surface area contributed by atoms with Crippen molar-refractivity contribution in [3.05, 3.63) is 0 Å². The molecule has 1 aliphatic rings. The van der Waals surface area contributed by atoms with E-state index in [2.05, 4.69) is 17.2 Å². The van der Waals surface area contributed by atoms with Crippen molar-refractivity contribution in [1.82, 2.24) is 5.32 Å². The number of nitrogens with two attached hydrogens (primary N) is 1. The van der Waals surface area contributed by atoms with E-state index in [1.807, 2.05) is 0 Å². The molecular weight excluding hydrogens is 226 g/mol. The van der Waals surface area contributed by atoms with E-state index in [0.29, 0.717) is 12.1 Å². The van der Waals surface area contributed by atoms with Crippen molar-refractivity contribution in [3.8, 4) is 0 Å². The van der Waals surface area contributed by atoms with E-state index in [0.717, 1.165) is 32.5 Å². The Labute approximate surface area is 111 Å². The first kappa shape index (κ1) is 15.3. The molecular formula is C14H29N3O. The summed E-state index contributed by atoms with van der Waals surface area (Å²) in [6, 6.07) is 0. The van der Waals surface area contributed by atoms with Crippen molar-refractivity contribution in [3.63, 3.8) is 0 Å². The minimum atomic E-state index is 0.465. The van der Waals surface area contributed by atoms with E-state index in [1.165, 1.54) is 38.5 Å². The number of hydrogen-bond donors (Lipinski definition) is 2. The van der Waals surface area contributed by atoms with Gasteiger partial charge < -0.3 is 15.8 Å². The van der Waals surface area contributed by atoms with Gasteiger partial charge in [0.2, 0.25) is 0 Å². The molecule has 1 saturated carbocycles. The van der Waals surface area contributed by atoms with Gasteiger partial charge in [0.25, 0.3) is 0 Å². The average Bonchev–Trinajstić information content (AvgIpc) is 2.63. The lowest BCUT2D eigenvalue weighted by Crippen LogP contribution is -2.35. The normalized spacial score (nSPS) is 18.6. The zero-order chi connectivity index (χ0) is 13.1. The molecule has 0 aromatic carbocycles. The summed E-state index contributed by atoms with van der Waals surface area (Å²) in [7, 11) is 0. The van der Waals surface area contributed by atoms with Crippen LogP contribution in [0.15, 0.2) is 4.99 Å². The predicted octanol–water partition coefficient (Wildman–Crippen LogP) is 2.43. The van der Waals surface area contributed by atoms with Crippen LogP contribution in [-0.4, -0.2) is 31.8 Å². The van der Waals surface area contributed by atoms with Gasteiger partial charge in [-0.1, -0.05) is 39.0 Å². The number of aliphatic imine (C=N–C) groups is 1. The third-order valence-corrected chi connectivity index (χ3v) is 3.36. The van der Waals surface area contributed by atoms with Crippen molar-refractivity contribution in [1.29, 1.82) is 0 Å². The lowest BCUT2D eigenvalue weighted by Gasteiger charge is -2.15. The predicted molar refractivity (Wildman–Crippen MR) is 76.8 cm³/mol. The molecule has 0 radical (unpaired) electrons. The van der Waals surface area contributed by atoms with Crippen molar-refractivity contribution in [2.24, 2.45) is 10.7 Å². The Morgan fingerprint density at radius 3 is 2.67 bits per heavy atom. The zero-order valence-corrected chi connectivity index (χ0v) is 11.8. The minimum Gasteiger partial charge on any atom is -0.376 e. The Morgan fingerprint density at radius 1 is 1.28 bits per heavy atom. The molecule has 0 heterocycles. The molecule has 0 amide bonds. The Balaban J connectivity index is 2.01. The van der Waals surface area contributed by atoms with Crippen LogP contribution in [0.4, 0.5) is 0 Å². The van der Waals surface area contributed by atoms with E-state index in [9.17, 15) is 0 Å². The van der Waals surface area contributed by atoms with E-state index >= 15 is 0 Å². The quantitative estimate of drug-likeness (QED) is 0.318. The van der Waals surface area contributed by atoms with Crippen LogP contribution in [0, 0.1) is 0 Å². The first-order valence-electron chi connectivity index (χ1n) is 7.48. The van der Waals surface area contributed by atoms with Gasteiger partial charge in [-0.05, 0) is 19.3 Å². The van der Waals surface area contributed by atoms with Crippen LogP contribution in [0.5, 0.6) is 0 Å².